The lowest BCUT2D eigenvalue weighted by Crippen LogP contribution is -2.09. The van der Waals surface area contributed by atoms with Gasteiger partial charge in [-0.1, -0.05) is 13.0 Å². The highest BCUT2D eigenvalue weighted by atomic mass is 19.1. The van der Waals surface area contributed by atoms with Crippen molar-refractivity contribution in [2.45, 2.75) is 33.4 Å². The Morgan fingerprint density at radius 3 is 2.53 bits per heavy atom. The predicted octanol–water partition coefficient (Wildman–Crippen LogP) is 5.61. The molecule has 0 spiro atoms. The van der Waals surface area contributed by atoms with Crippen LogP contribution in [0.4, 0.5) is 14.5 Å². The molecular weight excluding hydrogens is 500 g/mol. The number of aryl methyl sites for hydroxylation is 1. The van der Waals surface area contributed by atoms with Gasteiger partial charge < -0.3 is 19.1 Å². The van der Waals surface area contributed by atoms with Crippen LogP contribution in [0.15, 0.2) is 54.6 Å². The van der Waals surface area contributed by atoms with E-state index in [0.29, 0.717) is 56.0 Å². The lowest BCUT2D eigenvalue weighted by atomic mass is 10.1. The third-order valence-electron chi connectivity index (χ3n) is 5.54. The molecular formula is C27H27F2N3O6. The van der Waals surface area contributed by atoms with Gasteiger partial charge in [0, 0.05) is 31.4 Å². The Hall–Kier alpha value is -4.38. The summed E-state index contributed by atoms with van der Waals surface area (Å²) in [5.41, 5.74) is 2.50. The molecule has 11 heteroatoms. The monoisotopic (exact) mass is 527 g/mol. The second-order valence-corrected chi connectivity index (χ2v) is 8.05. The number of nitro groups is 1. The Morgan fingerprint density at radius 2 is 1.87 bits per heavy atom. The SMILES string of the molecule is CCOCCn1c(C=O)nc2ccc(OCc3ccc(F)c(CC)c3)cc21.O=[N+]([O-])c1ccc(O)cc1F. The van der Waals surface area contributed by atoms with E-state index in [4.69, 9.17) is 14.6 Å². The van der Waals surface area contributed by atoms with Crippen molar-refractivity contribution in [3.8, 4) is 11.5 Å². The van der Waals surface area contributed by atoms with Crippen molar-refractivity contribution in [1.82, 2.24) is 9.55 Å². The number of fused-ring (bicyclic) bond motifs is 1. The van der Waals surface area contributed by atoms with Crippen molar-refractivity contribution in [1.29, 1.82) is 0 Å². The number of nitrogens with zero attached hydrogens (tertiary/aromatic N) is 3. The van der Waals surface area contributed by atoms with E-state index in [-0.39, 0.29) is 11.6 Å². The number of aldehydes is 1. The zero-order valence-corrected chi connectivity index (χ0v) is 20.9. The standard InChI is InChI=1S/C21H23FN2O3.C6H4FNO3/c1-3-16-11-15(5-7-18(16)22)14-27-17-6-8-19-20(12-17)24(9-10-26-4-2)21(13-25)23-19;7-5-3-4(9)1-2-6(5)8(10)11/h5-8,11-13H,3-4,9-10,14H2,1-2H3;1-3,9H. The molecule has 0 saturated heterocycles. The quantitative estimate of drug-likeness (QED) is 0.123. The lowest BCUT2D eigenvalue weighted by Gasteiger charge is -2.10. The maximum absolute atomic E-state index is 13.6. The molecule has 0 saturated carbocycles. The van der Waals surface area contributed by atoms with Gasteiger partial charge >= 0.3 is 5.69 Å². The Labute approximate surface area is 217 Å². The number of ether oxygens (including phenoxy) is 2. The molecule has 0 fully saturated rings. The molecule has 1 heterocycles. The van der Waals surface area contributed by atoms with Gasteiger partial charge in [-0.25, -0.2) is 9.37 Å². The molecule has 4 rings (SSSR count). The van der Waals surface area contributed by atoms with E-state index in [1.54, 1.807) is 6.07 Å². The highest BCUT2D eigenvalue weighted by Gasteiger charge is 2.13. The molecule has 4 aromatic rings. The van der Waals surface area contributed by atoms with Gasteiger partial charge in [-0.15, -0.1) is 0 Å². The van der Waals surface area contributed by atoms with Gasteiger partial charge in [-0.05, 0) is 54.8 Å². The molecule has 0 radical (unpaired) electrons. The molecule has 0 aliphatic carbocycles. The number of imidazole rings is 1. The topological polar surface area (TPSA) is 117 Å². The Kier molecular flexibility index (Phi) is 9.83. The van der Waals surface area contributed by atoms with E-state index in [2.05, 4.69) is 4.98 Å². The summed E-state index contributed by atoms with van der Waals surface area (Å²) in [4.78, 5) is 24.8. The van der Waals surface area contributed by atoms with Gasteiger partial charge in [-0.2, -0.15) is 4.39 Å². The molecule has 9 nitrogen and oxygen atoms in total. The zero-order valence-electron chi connectivity index (χ0n) is 20.9. The zero-order chi connectivity index (χ0) is 27.7. The summed E-state index contributed by atoms with van der Waals surface area (Å²) in [6, 6.07) is 13.2. The van der Waals surface area contributed by atoms with Gasteiger partial charge in [0.15, 0.2) is 12.1 Å². The number of hydrogen-bond acceptors (Lipinski definition) is 7. The third-order valence-corrected chi connectivity index (χ3v) is 5.54. The number of phenols is 1. The lowest BCUT2D eigenvalue weighted by molar-refractivity contribution is -0.387. The number of carbonyl (C=O) groups is 1. The number of phenolic OH excluding ortho intramolecular Hbond substituents is 1. The molecule has 1 N–H and O–H groups in total. The Bertz CT molecular complexity index is 1420. The summed E-state index contributed by atoms with van der Waals surface area (Å²) in [6.45, 7) is 5.85. The minimum Gasteiger partial charge on any atom is -0.508 e. The van der Waals surface area contributed by atoms with Gasteiger partial charge in [0.1, 0.15) is 23.9 Å². The number of hydrogen-bond donors (Lipinski definition) is 1. The minimum atomic E-state index is -1.03. The highest BCUT2D eigenvalue weighted by Crippen LogP contribution is 2.23. The average molecular weight is 528 g/mol. The summed E-state index contributed by atoms with van der Waals surface area (Å²) in [6.07, 6.45) is 1.39. The van der Waals surface area contributed by atoms with Crippen LogP contribution in [0, 0.1) is 21.7 Å². The number of nitro benzene ring substituents is 1. The second kappa shape index (κ2) is 13.2. The van der Waals surface area contributed by atoms with Crippen LogP contribution in [0.5, 0.6) is 11.5 Å². The summed E-state index contributed by atoms with van der Waals surface area (Å²) in [7, 11) is 0. The highest BCUT2D eigenvalue weighted by molar-refractivity contribution is 5.84. The van der Waals surface area contributed by atoms with Crippen molar-refractivity contribution < 1.29 is 33.1 Å². The Balaban J connectivity index is 0.000000304. The minimum absolute atomic E-state index is 0.192. The van der Waals surface area contributed by atoms with E-state index >= 15 is 0 Å². The molecule has 1 aromatic heterocycles. The molecule has 0 atom stereocenters. The van der Waals surface area contributed by atoms with Crippen molar-refractivity contribution in [3.05, 3.63) is 93.3 Å². The molecule has 0 amide bonds. The Morgan fingerprint density at radius 1 is 1.08 bits per heavy atom. The first-order valence-electron chi connectivity index (χ1n) is 11.8. The number of halogens is 2. The van der Waals surface area contributed by atoms with Crippen molar-refractivity contribution >= 4 is 23.0 Å². The van der Waals surface area contributed by atoms with Crippen molar-refractivity contribution in [3.63, 3.8) is 0 Å². The van der Waals surface area contributed by atoms with Crippen LogP contribution >= 0.6 is 0 Å². The molecule has 200 valence electrons. The fraction of sp³-hybridized carbons (Fsp3) is 0.259. The number of benzene rings is 3. The number of aromatic nitrogens is 2. The van der Waals surface area contributed by atoms with E-state index in [9.17, 15) is 23.7 Å². The normalized spacial score (nSPS) is 10.6. The molecule has 0 aliphatic rings. The first-order chi connectivity index (χ1) is 18.3. The summed E-state index contributed by atoms with van der Waals surface area (Å²) in [5.74, 6) is -0.516. The largest absolute Gasteiger partial charge is 0.508 e. The van der Waals surface area contributed by atoms with E-state index in [1.807, 2.05) is 42.7 Å². The van der Waals surface area contributed by atoms with Crippen LogP contribution < -0.4 is 4.74 Å². The van der Waals surface area contributed by atoms with Crippen LogP contribution in [-0.4, -0.2) is 39.1 Å². The van der Waals surface area contributed by atoms with Crippen LogP contribution in [0.2, 0.25) is 0 Å². The van der Waals surface area contributed by atoms with Gasteiger partial charge in [0.05, 0.1) is 22.6 Å². The van der Waals surface area contributed by atoms with E-state index in [0.717, 1.165) is 35.0 Å². The second-order valence-electron chi connectivity index (χ2n) is 8.05. The maximum Gasteiger partial charge on any atom is 0.305 e. The molecule has 0 aliphatic heterocycles. The van der Waals surface area contributed by atoms with Crippen LogP contribution in [-0.2, 0) is 24.3 Å². The average Bonchev–Trinajstić information content (AvgIpc) is 3.25. The number of aromatic hydroxyl groups is 1. The first-order valence-corrected chi connectivity index (χ1v) is 11.8. The molecule has 38 heavy (non-hydrogen) atoms. The molecule has 0 bridgehead atoms. The summed E-state index contributed by atoms with van der Waals surface area (Å²) >= 11 is 0. The van der Waals surface area contributed by atoms with Gasteiger partial charge in [0.2, 0.25) is 5.82 Å². The number of rotatable bonds is 10. The van der Waals surface area contributed by atoms with Crippen molar-refractivity contribution in [2.75, 3.05) is 13.2 Å². The van der Waals surface area contributed by atoms with Gasteiger partial charge in [-0.3, -0.25) is 14.9 Å². The maximum atomic E-state index is 13.6. The first kappa shape index (κ1) is 28.2. The fourth-order valence-corrected chi connectivity index (χ4v) is 3.64. The smallest absolute Gasteiger partial charge is 0.305 e. The summed E-state index contributed by atoms with van der Waals surface area (Å²) < 4.78 is 39.2. The van der Waals surface area contributed by atoms with Crippen LogP contribution in [0.25, 0.3) is 11.0 Å². The number of carbonyl (C=O) groups excluding carboxylic acids is 1. The summed E-state index contributed by atoms with van der Waals surface area (Å²) in [5, 5.41) is 18.7. The van der Waals surface area contributed by atoms with Crippen LogP contribution in [0.3, 0.4) is 0 Å². The van der Waals surface area contributed by atoms with E-state index in [1.165, 1.54) is 6.07 Å². The van der Waals surface area contributed by atoms with E-state index < -0.39 is 16.4 Å². The molecule has 3 aromatic carbocycles. The van der Waals surface area contributed by atoms with Crippen LogP contribution in [0.1, 0.15) is 35.6 Å². The predicted molar refractivity (Wildman–Crippen MR) is 136 cm³/mol. The van der Waals surface area contributed by atoms with Gasteiger partial charge in [0.25, 0.3) is 0 Å². The fourth-order valence-electron chi connectivity index (χ4n) is 3.64. The third kappa shape index (κ3) is 7.10. The van der Waals surface area contributed by atoms with Crippen molar-refractivity contribution in [2.24, 2.45) is 0 Å². The molecule has 0 unspecified atom stereocenters.